The van der Waals surface area contributed by atoms with Crippen LogP contribution in [0.25, 0.3) is 0 Å². The van der Waals surface area contributed by atoms with Crippen molar-refractivity contribution in [2.45, 2.75) is 13.8 Å². The number of hydrogen-bond donors (Lipinski definition) is 1. The standard InChI is InChI=1S/C19H19BrClNO4/c1-12(2)10-26-19(24)13-3-6-15(7-4-13)22-18(23)11-25-17-8-5-14(21)9-16(17)20/h3-9,12H,10-11H2,1-2H3,(H,22,23). The van der Waals surface area contributed by atoms with Crippen molar-refractivity contribution in [1.82, 2.24) is 0 Å². The molecule has 0 heterocycles. The summed E-state index contributed by atoms with van der Waals surface area (Å²) >= 11 is 9.18. The predicted molar refractivity (Wildman–Crippen MR) is 105 cm³/mol. The lowest BCUT2D eigenvalue weighted by Gasteiger charge is -2.10. The molecule has 0 saturated carbocycles. The summed E-state index contributed by atoms with van der Waals surface area (Å²) in [5, 5.41) is 3.27. The molecule has 0 aromatic heterocycles. The molecule has 2 aromatic carbocycles. The van der Waals surface area contributed by atoms with Crippen LogP contribution in [0.2, 0.25) is 5.02 Å². The van der Waals surface area contributed by atoms with E-state index in [0.717, 1.165) is 0 Å². The average molecular weight is 441 g/mol. The Morgan fingerprint density at radius 3 is 2.46 bits per heavy atom. The Bertz CT molecular complexity index is 778. The summed E-state index contributed by atoms with van der Waals surface area (Å²) in [6.07, 6.45) is 0. The number of esters is 1. The minimum absolute atomic E-state index is 0.154. The van der Waals surface area contributed by atoms with E-state index in [-0.39, 0.29) is 24.4 Å². The van der Waals surface area contributed by atoms with E-state index in [2.05, 4.69) is 21.2 Å². The van der Waals surface area contributed by atoms with Crippen LogP contribution in [-0.4, -0.2) is 25.1 Å². The van der Waals surface area contributed by atoms with Crippen LogP contribution in [0.1, 0.15) is 24.2 Å². The molecular weight excluding hydrogens is 422 g/mol. The second kappa shape index (κ2) is 9.59. The molecule has 5 nitrogen and oxygen atoms in total. The third-order valence-corrected chi connectivity index (χ3v) is 4.06. The van der Waals surface area contributed by atoms with Crippen LogP contribution < -0.4 is 10.1 Å². The number of anilines is 1. The maximum Gasteiger partial charge on any atom is 0.338 e. The van der Waals surface area contributed by atoms with Crippen LogP contribution in [0.3, 0.4) is 0 Å². The quantitative estimate of drug-likeness (QED) is 0.620. The number of carbonyl (C=O) groups is 2. The Hall–Kier alpha value is -2.05. The first-order valence-corrected chi connectivity index (χ1v) is 9.17. The third-order valence-electron chi connectivity index (χ3n) is 3.20. The van der Waals surface area contributed by atoms with Crippen molar-refractivity contribution in [2.75, 3.05) is 18.5 Å². The Balaban J connectivity index is 1.86. The highest BCUT2D eigenvalue weighted by atomic mass is 79.9. The van der Waals surface area contributed by atoms with Crippen molar-refractivity contribution >= 4 is 45.1 Å². The molecule has 0 bridgehead atoms. The second-order valence-corrected chi connectivity index (χ2v) is 7.27. The molecule has 7 heteroatoms. The molecule has 0 radical (unpaired) electrons. The Morgan fingerprint density at radius 2 is 1.85 bits per heavy atom. The van der Waals surface area contributed by atoms with Crippen molar-refractivity contribution in [3.63, 3.8) is 0 Å². The maximum atomic E-state index is 12.0. The predicted octanol–water partition coefficient (Wildman–Crippen LogP) is 4.93. The van der Waals surface area contributed by atoms with E-state index >= 15 is 0 Å². The highest BCUT2D eigenvalue weighted by Crippen LogP contribution is 2.27. The Labute approximate surface area is 165 Å². The van der Waals surface area contributed by atoms with Gasteiger partial charge < -0.3 is 14.8 Å². The van der Waals surface area contributed by atoms with Gasteiger partial charge in [0.2, 0.25) is 0 Å². The summed E-state index contributed by atoms with van der Waals surface area (Å²) in [6.45, 7) is 4.15. The van der Waals surface area contributed by atoms with Crippen LogP contribution in [0, 0.1) is 5.92 Å². The van der Waals surface area contributed by atoms with Gasteiger partial charge in [-0.25, -0.2) is 4.79 Å². The number of carbonyl (C=O) groups excluding carboxylic acids is 2. The lowest BCUT2D eigenvalue weighted by atomic mass is 10.2. The number of nitrogens with one attached hydrogen (secondary N) is 1. The van der Waals surface area contributed by atoms with Gasteiger partial charge in [-0.05, 0) is 64.3 Å². The average Bonchev–Trinajstić information content (AvgIpc) is 2.59. The van der Waals surface area contributed by atoms with Crippen LogP contribution >= 0.6 is 27.5 Å². The summed E-state index contributed by atoms with van der Waals surface area (Å²) in [5.41, 5.74) is 0.999. The van der Waals surface area contributed by atoms with E-state index < -0.39 is 0 Å². The zero-order chi connectivity index (χ0) is 19.1. The summed E-state index contributed by atoms with van der Waals surface area (Å²) in [6, 6.07) is 11.5. The number of amides is 1. The van der Waals surface area contributed by atoms with E-state index in [9.17, 15) is 9.59 Å². The van der Waals surface area contributed by atoms with E-state index in [1.54, 1.807) is 42.5 Å². The molecule has 138 valence electrons. The molecule has 0 saturated heterocycles. The molecular formula is C19H19BrClNO4. The molecule has 0 fully saturated rings. The van der Waals surface area contributed by atoms with Gasteiger partial charge in [0.1, 0.15) is 5.75 Å². The Kier molecular flexibility index (Phi) is 7.48. The van der Waals surface area contributed by atoms with Gasteiger partial charge in [-0.15, -0.1) is 0 Å². The highest BCUT2D eigenvalue weighted by Gasteiger charge is 2.10. The zero-order valence-corrected chi connectivity index (χ0v) is 16.8. The van der Waals surface area contributed by atoms with Crippen LogP contribution in [0.4, 0.5) is 5.69 Å². The largest absolute Gasteiger partial charge is 0.483 e. The number of ether oxygens (including phenoxy) is 2. The van der Waals surface area contributed by atoms with Gasteiger partial charge in [0.25, 0.3) is 5.91 Å². The van der Waals surface area contributed by atoms with Crippen molar-refractivity contribution in [1.29, 1.82) is 0 Å². The van der Waals surface area contributed by atoms with Gasteiger partial charge in [-0.3, -0.25) is 4.79 Å². The van der Waals surface area contributed by atoms with Gasteiger partial charge in [0.15, 0.2) is 6.61 Å². The van der Waals surface area contributed by atoms with E-state index in [1.807, 2.05) is 13.8 Å². The SMILES string of the molecule is CC(C)COC(=O)c1ccc(NC(=O)COc2ccc(Cl)cc2Br)cc1. The third kappa shape index (κ3) is 6.35. The van der Waals surface area contributed by atoms with E-state index in [1.165, 1.54) is 0 Å². The molecule has 2 rings (SSSR count). The van der Waals surface area contributed by atoms with E-state index in [4.69, 9.17) is 21.1 Å². The van der Waals surface area contributed by atoms with Crippen LogP contribution in [0.5, 0.6) is 5.75 Å². The first kappa shape index (κ1) is 20.3. The molecule has 0 unspecified atom stereocenters. The molecule has 0 aliphatic carbocycles. The Morgan fingerprint density at radius 1 is 1.15 bits per heavy atom. The number of rotatable bonds is 7. The first-order valence-electron chi connectivity index (χ1n) is 8.00. The van der Waals surface area contributed by atoms with Gasteiger partial charge in [-0.1, -0.05) is 25.4 Å². The summed E-state index contributed by atoms with van der Waals surface area (Å²) in [4.78, 5) is 23.8. The second-order valence-electron chi connectivity index (χ2n) is 5.98. The van der Waals surface area contributed by atoms with Crippen molar-refractivity contribution < 1.29 is 19.1 Å². The molecule has 1 amide bonds. The summed E-state index contributed by atoms with van der Waals surface area (Å²) in [5.74, 6) is 0.0977. The van der Waals surface area contributed by atoms with Gasteiger partial charge in [-0.2, -0.15) is 0 Å². The van der Waals surface area contributed by atoms with Crippen molar-refractivity contribution in [3.8, 4) is 5.75 Å². The monoisotopic (exact) mass is 439 g/mol. The van der Waals surface area contributed by atoms with Gasteiger partial charge in [0.05, 0.1) is 16.6 Å². The normalized spacial score (nSPS) is 10.5. The van der Waals surface area contributed by atoms with Gasteiger partial charge >= 0.3 is 5.97 Å². The van der Waals surface area contributed by atoms with Crippen LogP contribution in [-0.2, 0) is 9.53 Å². The van der Waals surface area contributed by atoms with Crippen molar-refractivity contribution in [3.05, 3.63) is 57.5 Å². The fourth-order valence-electron chi connectivity index (χ4n) is 1.95. The summed E-state index contributed by atoms with van der Waals surface area (Å²) in [7, 11) is 0. The fraction of sp³-hybridized carbons (Fsp3) is 0.263. The fourth-order valence-corrected chi connectivity index (χ4v) is 2.75. The minimum Gasteiger partial charge on any atom is -0.483 e. The summed E-state index contributed by atoms with van der Waals surface area (Å²) < 4.78 is 11.3. The molecule has 1 N–H and O–H groups in total. The minimum atomic E-state index is -0.382. The lowest BCUT2D eigenvalue weighted by molar-refractivity contribution is -0.118. The smallest absolute Gasteiger partial charge is 0.338 e. The number of halogens is 2. The van der Waals surface area contributed by atoms with Crippen molar-refractivity contribution in [2.24, 2.45) is 5.92 Å². The topological polar surface area (TPSA) is 64.6 Å². The molecule has 2 aromatic rings. The lowest BCUT2D eigenvalue weighted by Crippen LogP contribution is -2.20. The maximum absolute atomic E-state index is 12.0. The van der Waals surface area contributed by atoms with Gasteiger partial charge in [0, 0.05) is 10.7 Å². The molecule has 0 atom stereocenters. The zero-order valence-electron chi connectivity index (χ0n) is 14.4. The highest BCUT2D eigenvalue weighted by molar-refractivity contribution is 9.10. The van der Waals surface area contributed by atoms with E-state index in [0.29, 0.717) is 33.1 Å². The molecule has 0 spiro atoms. The number of benzene rings is 2. The molecule has 0 aliphatic rings. The number of hydrogen-bond acceptors (Lipinski definition) is 4. The van der Waals surface area contributed by atoms with Crippen LogP contribution in [0.15, 0.2) is 46.9 Å². The first-order chi connectivity index (χ1) is 12.3. The molecule has 26 heavy (non-hydrogen) atoms. The molecule has 0 aliphatic heterocycles.